The van der Waals surface area contributed by atoms with E-state index >= 15 is 0 Å². The third-order valence-electron chi connectivity index (χ3n) is 6.35. The van der Waals surface area contributed by atoms with E-state index in [1.165, 1.54) is 12.1 Å². The Labute approximate surface area is 194 Å². The fourth-order valence-corrected chi connectivity index (χ4v) is 5.93. The average Bonchev–Trinajstić information content (AvgIpc) is 3.21. The number of rotatable bonds is 8. The molecule has 2 N–H and O–H groups in total. The van der Waals surface area contributed by atoms with Crippen molar-refractivity contribution in [3.63, 3.8) is 0 Å². The summed E-state index contributed by atoms with van der Waals surface area (Å²) in [6, 6.07) is 19.1. The van der Waals surface area contributed by atoms with E-state index in [9.17, 15) is 18.3 Å². The number of carboxylic acid groups (broad SMARTS) is 1. The molecule has 174 valence electrons. The summed E-state index contributed by atoms with van der Waals surface area (Å²) < 4.78 is 34.8. The lowest BCUT2D eigenvalue weighted by atomic mass is 9.87. The lowest BCUT2D eigenvalue weighted by Gasteiger charge is -2.25. The van der Waals surface area contributed by atoms with E-state index in [2.05, 4.69) is 4.72 Å². The van der Waals surface area contributed by atoms with Gasteiger partial charge in [0.05, 0.1) is 17.1 Å². The van der Waals surface area contributed by atoms with Gasteiger partial charge in [0, 0.05) is 5.92 Å². The van der Waals surface area contributed by atoms with E-state index in [-0.39, 0.29) is 17.1 Å². The molecule has 6 nitrogen and oxygen atoms in total. The van der Waals surface area contributed by atoms with Gasteiger partial charge in [-0.3, -0.25) is 4.79 Å². The second-order valence-electron chi connectivity index (χ2n) is 8.67. The van der Waals surface area contributed by atoms with Crippen LogP contribution in [-0.4, -0.2) is 31.6 Å². The van der Waals surface area contributed by atoms with Gasteiger partial charge in [-0.1, -0.05) is 73.5 Å². The number of sulfonamides is 1. The van der Waals surface area contributed by atoms with Gasteiger partial charge in [0.2, 0.25) is 10.0 Å². The van der Waals surface area contributed by atoms with Gasteiger partial charge in [-0.2, -0.15) is 4.72 Å². The molecule has 3 aromatic carbocycles. The van der Waals surface area contributed by atoms with Crippen LogP contribution in [-0.2, 0) is 19.6 Å². The monoisotopic (exact) mass is 467 g/mol. The number of nitrogens with one attached hydrogen (secondary N) is 1. The molecule has 0 bridgehead atoms. The first kappa shape index (κ1) is 23.4. The zero-order valence-corrected chi connectivity index (χ0v) is 19.6. The third kappa shape index (κ3) is 4.95. The Morgan fingerprint density at radius 2 is 1.79 bits per heavy atom. The fourth-order valence-electron chi connectivity index (χ4n) is 4.69. The predicted octanol–water partition coefficient (Wildman–Crippen LogP) is 4.83. The van der Waals surface area contributed by atoms with Crippen LogP contribution in [0.2, 0.25) is 0 Å². The Balaban J connectivity index is 1.65. The van der Waals surface area contributed by atoms with E-state index in [1.807, 2.05) is 56.3 Å². The van der Waals surface area contributed by atoms with Crippen molar-refractivity contribution in [2.24, 2.45) is 5.92 Å². The maximum atomic E-state index is 13.0. The minimum absolute atomic E-state index is 0.0518. The van der Waals surface area contributed by atoms with Crippen molar-refractivity contribution < 1.29 is 23.1 Å². The molecular weight excluding hydrogens is 438 g/mol. The van der Waals surface area contributed by atoms with Crippen LogP contribution in [0, 0.1) is 12.8 Å². The fraction of sp³-hybridized carbons (Fsp3) is 0.346. The SMILES string of the molecule is CCC[C@H]1O[C@@H](c2cccc3ccccc23)CC1[C@H](NS(=O)(=O)c1ccc(C)cc1)C(=O)O. The van der Waals surface area contributed by atoms with Crippen molar-refractivity contribution in [1.29, 1.82) is 0 Å². The summed E-state index contributed by atoms with van der Waals surface area (Å²) in [5.41, 5.74) is 1.93. The van der Waals surface area contributed by atoms with Crippen LogP contribution in [0.1, 0.15) is 43.4 Å². The van der Waals surface area contributed by atoms with Gasteiger partial charge >= 0.3 is 5.97 Å². The number of hydrogen-bond acceptors (Lipinski definition) is 4. The van der Waals surface area contributed by atoms with Gasteiger partial charge in [0.15, 0.2) is 0 Å². The maximum absolute atomic E-state index is 13.0. The molecule has 7 heteroatoms. The van der Waals surface area contributed by atoms with E-state index in [0.29, 0.717) is 12.8 Å². The molecule has 0 aliphatic carbocycles. The molecule has 1 heterocycles. The van der Waals surface area contributed by atoms with E-state index in [0.717, 1.165) is 28.3 Å². The van der Waals surface area contributed by atoms with Crippen LogP contribution in [0.4, 0.5) is 0 Å². The summed E-state index contributed by atoms with van der Waals surface area (Å²) >= 11 is 0. The Bertz CT molecular complexity index is 1230. The smallest absolute Gasteiger partial charge is 0.322 e. The molecule has 0 aromatic heterocycles. The summed E-state index contributed by atoms with van der Waals surface area (Å²) in [7, 11) is -4.00. The van der Waals surface area contributed by atoms with Crippen LogP contribution in [0.3, 0.4) is 0 Å². The van der Waals surface area contributed by atoms with Crippen LogP contribution >= 0.6 is 0 Å². The van der Waals surface area contributed by atoms with E-state index < -0.39 is 28.0 Å². The van der Waals surface area contributed by atoms with E-state index in [4.69, 9.17) is 4.74 Å². The van der Waals surface area contributed by atoms with E-state index in [1.54, 1.807) is 12.1 Å². The normalized spacial score (nSPS) is 21.8. The van der Waals surface area contributed by atoms with Gasteiger partial charge in [-0.15, -0.1) is 0 Å². The minimum atomic E-state index is -4.00. The Kier molecular flexibility index (Phi) is 6.83. The van der Waals surface area contributed by atoms with Crippen LogP contribution in [0.15, 0.2) is 71.6 Å². The second-order valence-corrected chi connectivity index (χ2v) is 10.4. The van der Waals surface area contributed by atoms with Crippen molar-refractivity contribution in [3.05, 3.63) is 77.9 Å². The zero-order valence-electron chi connectivity index (χ0n) is 18.8. The summed E-state index contributed by atoms with van der Waals surface area (Å²) in [6.07, 6.45) is 1.22. The number of benzene rings is 3. The molecule has 0 saturated carbocycles. The molecule has 4 atom stereocenters. The number of hydrogen-bond donors (Lipinski definition) is 2. The summed E-state index contributed by atoms with van der Waals surface area (Å²) in [5, 5.41) is 12.2. The average molecular weight is 468 g/mol. The molecule has 1 aliphatic rings. The maximum Gasteiger partial charge on any atom is 0.322 e. The van der Waals surface area contributed by atoms with Crippen molar-refractivity contribution in [2.45, 2.75) is 56.3 Å². The first-order chi connectivity index (χ1) is 15.8. The predicted molar refractivity (Wildman–Crippen MR) is 128 cm³/mol. The van der Waals surface area contributed by atoms with Crippen LogP contribution in [0.25, 0.3) is 10.8 Å². The number of fused-ring (bicyclic) bond motifs is 1. The Hall–Kier alpha value is -2.74. The molecule has 4 rings (SSSR count). The highest BCUT2D eigenvalue weighted by Gasteiger charge is 2.44. The topological polar surface area (TPSA) is 92.7 Å². The highest BCUT2D eigenvalue weighted by molar-refractivity contribution is 7.89. The molecule has 1 saturated heterocycles. The lowest BCUT2D eigenvalue weighted by molar-refractivity contribution is -0.141. The Morgan fingerprint density at radius 1 is 1.09 bits per heavy atom. The highest BCUT2D eigenvalue weighted by Crippen LogP contribution is 2.42. The van der Waals surface area contributed by atoms with Crippen molar-refractivity contribution in [2.75, 3.05) is 0 Å². The number of aryl methyl sites for hydroxylation is 1. The summed E-state index contributed by atoms with van der Waals surface area (Å²) in [5.74, 6) is -1.69. The quantitative estimate of drug-likeness (QED) is 0.495. The van der Waals surface area contributed by atoms with Crippen molar-refractivity contribution >= 4 is 26.8 Å². The van der Waals surface area contributed by atoms with Gasteiger partial charge in [-0.25, -0.2) is 8.42 Å². The summed E-state index contributed by atoms with van der Waals surface area (Å²) in [4.78, 5) is 12.3. The van der Waals surface area contributed by atoms with Gasteiger partial charge in [0.25, 0.3) is 0 Å². The van der Waals surface area contributed by atoms with Crippen LogP contribution < -0.4 is 4.72 Å². The standard InChI is InChI=1S/C26H29NO5S/c1-3-7-23-22(16-24(32-23)21-11-6-9-18-8-4-5-10-20(18)21)25(26(28)29)27-33(30,31)19-14-12-17(2)13-15-19/h4-6,8-15,22-25,27H,3,7,16H2,1-2H3,(H,28,29)/t22?,23-,24-,25+/m1/s1. The number of carbonyl (C=O) groups is 1. The second kappa shape index (κ2) is 9.63. The molecule has 0 radical (unpaired) electrons. The molecule has 3 aromatic rings. The first-order valence-corrected chi connectivity index (χ1v) is 12.7. The highest BCUT2D eigenvalue weighted by atomic mass is 32.2. The molecular formula is C26H29NO5S. The molecule has 33 heavy (non-hydrogen) atoms. The van der Waals surface area contributed by atoms with Gasteiger partial charge in [0.1, 0.15) is 6.04 Å². The number of carboxylic acids is 1. The number of ether oxygens (including phenoxy) is 1. The van der Waals surface area contributed by atoms with Crippen LogP contribution in [0.5, 0.6) is 0 Å². The molecule has 1 fully saturated rings. The molecule has 1 unspecified atom stereocenters. The molecule has 0 amide bonds. The van der Waals surface area contributed by atoms with Gasteiger partial charge in [-0.05, 0) is 48.2 Å². The third-order valence-corrected chi connectivity index (χ3v) is 7.81. The lowest BCUT2D eigenvalue weighted by Crippen LogP contribution is -2.48. The zero-order chi connectivity index (χ0) is 23.6. The minimum Gasteiger partial charge on any atom is -0.480 e. The van der Waals surface area contributed by atoms with Gasteiger partial charge < -0.3 is 9.84 Å². The molecule has 1 aliphatic heterocycles. The first-order valence-electron chi connectivity index (χ1n) is 11.2. The number of aliphatic carboxylic acids is 1. The summed E-state index contributed by atoms with van der Waals surface area (Å²) in [6.45, 7) is 3.88. The van der Waals surface area contributed by atoms with Crippen molar-refractivity contribution in [3.8, 4) is 0 Å². The largest absolute Gasteiger partial charge is 0.480 e. The Morgan fingerprint density at radius 3 is 2.48 bits per heavy atom. The van der Waals surface area contributed by atoms with Crippen molar-refractivity contribution in [1.82, 2.24) is 4.72 Å². The molecule has 0 spiro atoms.